The first-order chi connectivity index (χ1) is 20.6. The molecule has 6 rings (SSSR count). The minimum Gasteiger partial charge on any atom is -0.379 e. The molecule has 4 aromatic rings. The van der Waals surface area contributed by atoms with E-state index in [1.807, 2.05) is 16.8 Å². The zero-order valence-electron chi connectivity index (χ0n) is 23.2. The predicted octanol–water partition coefficient (Wildman–Crippen LogP) is 3.93. The van der Waals surface area contributed by atoms with Gasteiger partial charge < -0.3 is 34.3 Å². The highest BCUT2D eigenvalue weighted by atomic mass is 32.1. The molecule has 0 saturated carbocycles. The lowest BCUT2D eigenvalue weighted by Crippen LogP contribution is -2.46. The van der Waals surface area contributed by atoms with Gasteiger partial charge in [-0.25, -0.2) is 9.37 Å². The number of fused-ring (bicyclic) bond motifs is 1. The van der Waals surface area contributed by atoms with Crippen LogP contribution in [-0.4, -0.2) is 95.3 Å². The van der Waals surface area contributed by atoms with Crippen molar-refractivity contribution in [3.63, 3.8) is 0 Å². The van der Waals surface area contributed by atoms with Crippen LogP contribution in [0, 0.1) is 0 Å². The van der Waals surface area contributed by atoms with Gasteiger partial charge in [-0.2, -0.15) is 18.2 Å². The van der Waals surface area contributed by atoms with E-state index in [4.69, 9.17) is 9.26 Å². The number of alkyl halides is 4. The van der Waals surface area contributed by atoms with Gasteiger partial charge in [0.25, 0.3) is 5.91 Å². The zero-order valence-corrected chi connectivity index (χ0v) is 24.1. The molecule has 0 aliphatic carbocycles. The van der Waals surface area contributed by atoms with E-state index in [-0.39, 0.29) is 36.2 Å². The molecule has 2 saturated heterocycles. The Balaban J connectivity index is 1.21. The third kappa shape index (κ3) is 6.60. The van der Waals surface area contributed by atoms with Crippen LogP contribution >= 0.6 is 11.3 Å². The van der Waals surface area contributed by atoms with Gasteiger partial charge in [0.1, 0.15) is 18.4 Å². The van der Waals surface area contributed by atoms with E-state index >= 15 is 0 Å². The van der Waals surface area contributed by atoms with Crippen molar-refractivity contribution in [1.29, 1.82) is 0 Å². The average molecular weight is 623 g/mol. The molecule has 0 unspecified atom stereocenters. The fraction of sp³-hybridized carbons (Fsp3) is 0.481. The number of hydrogen-bond donors (Lipinski definition) is 2. The summed E-state index contributed by atoms with van der Waals surface area (Å²) in [6.07, 6.45) is -5.11. The first kappa shape index (κ1) is 29.3. The quantitative estimate of drug-likeness (QED) is 0.282. The van der Waals surface area contributed by atoms with Crippen LogP contribution in [0.2, 0.25) is 0 Å². The normalized spacial score (nSPS) is 20.1. The Bertz CT molecular complexity index is 1580. The number of piperidine rings is 1. The maximum Gasteiger partial charge on any atom is 0.406 e. The van der Waals surface area contributed by atoms with Gasteiger partial charge >= 0.3 is 6.18 Å². The van der Waals surface area contributed by atoms with Crippen LogP contribution in [0.5, 0.6) is 0 Å². The third-order valence-corrected chi connectivity index (χ3v) is 8.37. The number of aromatic nitrogens is 4. The van der Waals surface area contributed by atoms with Crippen LogP contribution in [-0.2, 0) is 17.8 Å². The van der Waals surface area contributed by atoms with E-state index in [9.17, 15) is 22.4 Å². The van der Waals surface area contributed by atoms with Crippen LogP contribution in [0.25, 0.3) is 22.4 Å². The van der Waals surface area contributed by atoms with Crippen LogP contribution in [0.15, 0.2) is 34.2 Å². The van der Waals surface area contributed by atoms with Crippen LogP contribution in [0.4, 0.5) is 28.4 Å². The third-order valence-electron chi connectivity index (χ3n) is 7.47. The maximum absolute atomic E-state index is 14.8. The first-order valence-electron chi connectivity index (χ1n) is 13.8. The molecule has 3 aromatic heterocycles. The van der Waals surface area contributed by atoms with E-state index in [2.05, 4.69) is 25.8 Å². The van der Waals surface area contributed by atoms with E-state index < -0.39 is 30.8 Å². The van der Waals surface area contributed by atoms with Gasteiger partial charge in [-0.15, -0.1) is 11.3 Å². The fourth-order valence-electron chi connectivity index (χ4n) is 5.31. The van der Waals surface area contributed by atoms with Gasteiger partial charge in [-0.05, 0) is 31.7 Å². The summed E-state index contributed by atoms with van der Waals surface area (Å²) in [6, 6.07) is 5.98. The van der Waals surface area contributed by atoms with Crippen molar-refractivity contribution < 1.29 is 31.6 Å². The number of rotatable bonds is 8. The number of likely N-dealkylation sites (tertiary alicyclic amines) is 1. The number of nitrogens with one attached hydrogen (secondary N) is 2. The molecule has 2 N–H and O–H groups in total. The second-order valence-corrected chi connectivity index (χ2v) is 11.4. The summed E-state index contributed by atoms with van der Waals surface area (Å²) < 4.78 is 67.5. The van der Waals surface area contributed by atoms with Gasteiger partial charge in [0.05, 0.1) is 37.0 Å². The monoisotopic (exact) mass is 622 g/mol. The molecule has 1 amide bonds. The van der Waals surface area contributed by atoms with Gasteiger partial charge in [0.2, 0.25) is 11.7 Å². The van der Waals surface area contributed by atoms with Gasteiger partial charge in [0.15, 0.2) is 5.13 Å². The molecule has 2 fully saturated rings. The number of amides is 1. The van der Waals surface area contributed by atoms with Crippen molar-refractivity contribution >= 4 is 39.0 Å². The summed E-state index contributed by atoms with van der Waals surface area (Å²) in [5.41, 5.74) is 1.13. The predicted molar refractivity (Wildman–Crippen MR) is 152 cm³/mol. The highest BCUT2D eigenvalue weighted by molar-refractivity contribution is 7.13. The number of carbonyl (C=O) groups is 1. The molecule has 16 heteroatoms. The largest absolute Gasteiger partial charge is 0.406 e. The summed E-state index contributed by atoms with van der Waals surface area (Å²) in [5, 5.41) is 12.6. The topological polar surface area (TPSA) is 114 Å². The molecule has 11 nitrogen and oxygen atoms in total. The van der Waals surface area contributed by atoms with E-state index in [0.717, 1.165) is 9.70 Å². The number of carbonyl (C=O) groups excluding carboxylic acids is 1. The summed E-state index contributed by atoms with van der Waals surface area (Å²) in [7, 11) is 1.85. The second-order valence-electron chi connectivity index (χ2n) is 10.6. The molecule has 0 radical (unpaired) electrons. The fourth-order valence-corrected chi connectivity index (χ4v) is 6.17. The number of thiazole rings is 1. The van der Waals surface area contributed by atoms with E-state index in [1.54, 1.807) is 29.6 Å². The molecule has 1 aromatic carbocycles. The van der Waals surface area contributed by atoms with Crippen LogP contribution in [0.1, 0.15) is 22.8 Å². The highest BCUT2D eigenvalue weighted by Crippen LogP contribution is 2.35. The molecule has 2 aliphatic heterocycles. The number of morpholine rings is 1. The Kier molecular flexibility index (Phi) is 8.24. The minimum absolute atomic E-state index is 0.0146. The average Bonchev–Trinajstić information content (AvgIpc) is 3.73. The first-order valence-corrected chi connectivity index (χ1v) is 14.7. The van der Waals surface area contributed by atoms with Crippen molar-refractivity contribution in [2.45, 2.75) is 37.9 Å². The lowest BCUT2D eigenvalue weighted by Gasteiger charge is -2.33. The number of nitrogens with zero attached hydrogens (tertiary/aromatic N) is 6. The Morgan fingerprint density at radius 3 is 2.77 bits per heavy atom. The molecular weight excluding hydrogens is 592 g/mol. The lowest BCUT2D eigenvalue weighted by atomic mass is 10.0. The highest BCUT2D eigenvalue weighted by Gasteiger charge is 2.32. The molecule has 43 heavy (non-hydrogen) atoms. The number of hydrogen-bond acceptors (Lipinski definition) is 10. The van der Waals surface area contributed by atoms with Crippen LogP contribution in [0.3, 0.4) is 0 Å². The van der Waals surface area contributed by atoms with Gasteiger partial charge in [-0.1, -0.05) is 11.2 Å². The molecular formula is C27H30F4N8O3S. The number of ether oxygens (including phenoxy) is 1. The summed E-state index contributed by atoms with van der Waals surface area (Å²) >= 11 is 1.35. The van der Waals surface area contributed by atoms with Gasteiger partial charge in [0, 0.05) is 42.6 Å². The van der Waals surface area contributed by atoms with Crippen molar-refractivity contribution in [3.8, 4) is 11.5 Å². The van der Waals surface area contributed by atoms with Crippen molar-refractivity contribution in [1.82, 2.24) is 29.9 Å². The number of benzene rings is 1. The molecule has 0 bridgehead atoms. The van der Waals surface area contributed by atoms with Gasteiger partial charge in [-0.3, -0.25) is 4.79 Å². The Morgan fingerprint density at radius 2 is 2.00 bits per heavy atom. The zero-order chi connectivity index (χ0) is 30.1. The second kappa shape index (κ2) is 12.1. The van der Waals surface area contributed by atoms with E-state index in [1.165, 1.54) is 11.3 Å². The van der Waals surface area contributed by atoms with E-state index in [0.29, 0.717) is 55.9 Å². The van der Waals surface area contributed by atoms with Crippen LogP contribution < -0.4 is 15.5 Å². The minimum atomic E-state index is -4.53. The standard InChI is InChI=1S/C27H30F4N8O3S/c1-37-6-5-19(17(28)13-37)33-18-3-2-4-21-16(18)11-22(39(21)15-27(29,30)31)24-35-23(42-36-24)12-32-25(40)20-14-43-26(34-20)38-7-9-41-10-8-38/h2-4,11,14,17,19,33H,5-10,12-13,15H2,1H3,(H,32,40)/t17-,19+/m0/s1. The summed E-state index contributed by atoms with van der Waals surface area (Å²) in [4.78, 5) is 25.3. The molecule has 0 spiro atoms. The maximum atomic E-state index is 14.8. The SMILES string of the molecule is CN1CC[C@@H](Nc2cccc3c2cc(-c2noc(CNC(=O)c4csc(N5CCOCC5)n4)n2)n3CC(F)(F)F)[C@@H](F)C1. The Hall–Kier alpha value is -3.76. The number of halogens is 4. The van der Waals surface area contributed by atoms with Crippen molar-refractivity contribution in [2.24, 2.45) is 0 Å². The summed E-state index contributed by atoms with van der Waals surface area (Å²) in [5.74, 6) is -0.500. The Labute approximate surface area is 247 Å². The van der Waals surface area contributed by atoms with Crippen molar-refractivity contribution in [2.75, 3.05) is 56.7 Å². The number of anilines is 2. The van der Waals surface area contributed by atoms with Crippen molar-refractivity contribution in [3.05, 3.63) is 41.2 Å². The smallest absolute Gasteiger partial charge is 0.379 e. The lowest BCUT2D eigenvalue weighted by molar-refractivity contribution is -0.139. The molecule has 2 atom stereocenters. The molecule has 5 heterocycles. The molecule has 230 valence electrons. The summed E-state index contributed by atoms with van der Waals surface area (Å²) in [6.45, 7) is 2.12. The Morgan fingerprint density at radius 1 is 1.19 bits per heavy atom. The molecule has 2 aliphatic rings.